The van der Waals surface area contributed by atoms with E-state index in [1.807, 2.05) is 0 Å². The van der Waals surface area contributed by atoms with Gasteiger partial charge in [-0.25, -0.2) is 4.79 Å². The maximum absolute atomic E-state index is 10.8. The first-order valence-electron chi connectivity index (χ1n) is 4.40. The summed E-state index contributed by atoms with van der Waals surface area (Å²) >= 11 is 0. The Hall–Kier alpha value is -2.17. The number of H-pyrrole nitrogens is 1. The van der Waals surface area contributed by atoms with Gasteiger partial charge in [0.1, 0.15) is 5.69 Å². The molecule has 2 aromatic rings. The highest BCUT2D eigenvalue weighted by atomic mass is 16.7. The molecule has 5 heteroatoms. The number of hydrogen-bond donors (Lipinski definition) is 2. The van der Waals surface area contributed by atoms with Gasteiger partial charge in [0.25, 0.3) is 0 Å². The van der Waals surface area contributed by atoms with Crippen LogP contribution >= 0.6 is 0 Å². The molecule has 0 spiro atoms. The molecule has 1 aliphatic rings. The predicted molar refractivity (Wildman–Crippen MR) is 51.4 cm³/mol. The van der Waals surface area contributed by atoms with Gasteiger partial charge < -0.3 is 19.6 Å². The van der Waals surface area contributed by atoms with Crippen molar-refractivity contribution in [1.82, 2.24) is 4.98 Å². The van der Waals surface area contributed by atoms with Crippen LogP contribution in [0.3, 0.4) is 0 Å². The number of aromatic carboxylic acids is 1. The highest BCUT2D eigenvalue weighted by Gasteiger charge is 2.19. The summed E-state index contributed by atoms with van der Waals surface area (Å²) in [7, 11) is 0. The quantitative estimate of drug-likeness (QED) is 0.741. The number of carboxylic acids is 1. The summed E-state index contributed by atoms with van der Waals surface area (Å²) in [6, 6.07) is 5.13. The summed E-state index contributed by atoms with van der Waals surface area (Å²) in [5.41, 5.74) is 0.816. The number of benzene rings is 1. The van der Waals surface area contributed by atoms with Crippen LogP contribution in [-0.2, 0) is 0 Å². The van der Waals surface area contributed by atoms with Crippen molar-refractivity contribution in [3.05, 3.63) is 23.9 Å². The number of aromatic amines is 1. The van der Waals surface area contributed by atoms with Crippen LogP contribution < -0.4 is 9.47 Å². The minimum Gasteiger partial charge on any atom is -0.477 e. The largest absolute Gasteiger partial charge is 0.477 e. The molecule has 2 N–H and O–H groups in total. The van der Waals surface area contributed by atoms with Crippen molar-refractivity contribution >= 4 is 16.9 Å². The third-order valence-electron chi connectivity index (χ3n) is 2.36. The first kappa shape index (κ1) is 8.16. The predicted octanol–water partition coefficient (Wildman–Crippen LogP) is 1.59. The highest BCUT2D eigenvalue weighted by Crippen LogP contribution is 2.38. The van der Waals surface area contributed by atoms with Crippen LogP contribution in [-0.4, -0.2) is 22.9 Å². The summed E-state index contributed by atoms with van der Waals surface area (Å²) in [6.07, 6.45) is 0. The van der Waals surface area contributed by atoms with E-state index in [0.717, 1.165) is 5.39 Å². The van der Waals surface area contributed by atoms with E-state index in [2.05, 4.69) is 4.98 Å². The molecule has 3 rings (SSSR count). The average Bonchev–Trinajstić information content (AvgIpc) is 2.82. The van der Waals surface area contributed by atoms with Crippen molar-refractivity contribution < 1.29 is 19.4 Å². The minimum absolute atomic E-state index is 0.147. The van der Waals surface area contributed by atoms with E-state index in [0.29, 0.717) is 17.0 Å². The molecule has 0 bridgehead atoms. The molecular formula is C10H7NO4. The lowest BCUT2D eigenvalue weighted by molar-refractivity contribution is 0.0691. The first-order valence-corrected chi connectivity index (χ1v) is 4.40. The molecule has 0 amide bonds. The van der Waals surface area contributed by atoms with Crippen molar-refractivity contribution in [2.45, 2.75) is 0 Å². The normalized spacial score (nSPS) is 13.3. The monoisotopic (exact) mass is 205 g/mol. The van der Waals surface area contributed by atoms with Crippen molar-refractivity contribution in [1.29, 1.82) is 0 Å². The smallest absolute Gasteiger partial charge is 0.352 e. The SMILES string of the molecule is O=C(O)c1cc2ccc3c(c2[nH]1)OCO3. The lowest BCUT2D eigenvalue weighted by Gasteiger charge is -1.96. The Morgan fingerprint density at radius 1 is 1.40 bits per heavy atom. The molecule has 76 valence electrons. The fourth-order valence-electron chi connectivity index (χ4n) is 1.68. The van der Waals surface area contributed by atoms with E-state index < -0.39 is 5.97 Å². The van der Waals surface area contributed by atoms with E-state index >= 15 is 0 Å². The molecular weight excluding hydrogens is 198 g/mol. The molecule has 5 nitrogen and oxygen atoms in total. The first-order chi connectivity index (χ1) is 7.25. The maximum atomic E-state index is 10.8. The lowest BCUT2D eigenvalue weighted by Crippen LogP contribution is -1.95. The summed E-state index contributed by atoms with van der Waals surface area (Å²) in [4.78, 5) is 13.6. The average molecular weight is 205 g/mol. The maximum Gasteiger partial charge on any atom is 0.352 e. The molecule has 15 heavy (non-hydrogen) atoms. The van der Waals surface area contributed by atoms with Gasteiger partial charge in [-0.3, -0.25) is 0 Å². The number of rotatable bonds is 1. The summed E-state index contributed by atoms with van der Waals surface area (Å²) in [5.74, 6) is 0.236. The third-order valence-corrected chi connectivity index (χ3v) is 2.36. The van der Waals surface area contributed by atoms with Crippen LogP contribution in [0, 0.1) is 0 Å². The molecule has 0 radical (unpaired) electrons. The number of hydrogen-bond acceptors (Lipinski definition) is 3. The molecule has 0 aliphatic carbocycles. The summed E-state index contributed by atoms with van der Waals surface area (Å²) < 4.78 is 10.4. The Labute approximate surface area is 84.2 Å². The molecule has 0 saturated carbocycles. The number of carbonyl (C=O) groups is 1. The molecule has 1 aliphatic heterocycles. The zero-order chi connectivity index (χ0) is 10.4. The second kappa shape index (κ2) is 2.66. The third kappa shape index (κ3) is 1.06. The number of fused-ring (bicyclic) bond motifs is 3. The van der Waals surface area contributed by atoms with E-state index in [1.165, 1.54) is 0 Å². The molecule has 0 fully saturated rings. The zero-order valence-electron chi connectivity index (χ0n) is 7.61. The van der Waals surface area contributed by atoms with Gasteiger partial charge in [0, 0.05) is 5.39 Å². The van der Waals surface area contributed by atoms with Crippen molar-refractivity contribution in [3.63, 3.8) is 0 Å². The number of carboxylic acid groups (broad SMARTS) is 1. The Balaban J connectivity index is 2.31. The van der Waals surface area contributed by atoms with Gasteiger partial charge in [-0.05, 0) is 18.2 Å². The minimum atomic E-state index is -0.987. The Morgan fingerprint density at radius 2 is 2.27 bits per heavy atom. The number of nitrogens with one attached hydrogen (secondary N) is 1. The summed E-state index contributed by atoms with van der Waals surface area (Å²) in [5, 5.41) is 9.63. The molecule has 0 unspecified atom stereocenters. The van der Waals surface area contributed by atoms with Crippen LogP contribution in [0.1, 0.15) is 10.5 Å². The van der Waals surface area contributed by atoms with Crippen LogP contribution in [0.15, 0.2) is 18.2 Å². The Morgan fingerprint density at radius 3 is 3.07 bits per heavy atom. The van der Waals surface area contributed by atoms with Gasteiger partial charge in [-0.2, -0.15) is 0 Å². The van der Waals surface area contributed by atoms with Gasteiger partial charge in [0.2, 0.25) is 6.79 Å². The molecule has 0 saturated heterocycles. The molecule has 1 aromatic carbocycles. The van der Waals surface area contributed by atoms with Gasteiger partial charge in [0.05, 0.1) is 5.52 Å². The zero-order valence-corrected chi connectivity index (χ0v) is 7.61. The fraction of sp³-hybridized carbons (Fsp3) is 0.100. The second-order valence-electron chi connectivity index (χ2n) is 3.25. The van der Waals surface area contributed by atoms with Gasteiger partial charge in [-0.1, -0.05) is 0 Å². The molecule has 0 atom stereocenters. The number of ether oxygens (including phenoxy) is 2. The topological polar surface area (TPSA) is 71.5 Å². The van der Waals surface area contributed by atoms with Crippen LogP contribution in [0.2, 0.25) is 0 Å². The van der Waals surface area contributed by atoms with Crippen LogP contribution in [0.25, 0.3) is 10.9 Å². The number of aromatic nitrogens is 1. The van der Waals surface area contributed by atoms with E-state index in [-0.39, 0.29) is 12.5 Å². The Bertz CT molecular complexity index is 558. The van der Waals surface area contributed by atoms with Crippen LogP contribution in [0.4, 0.5) is 0 Å². The van der Waals surface area contributed by atoms with Gasteiger partial charge >= 0.3 is 5.97 Å². The van der Waals surface area contributed by atoms with Crippen LogP contribution in [0.5, 0.6) is 11.5 Å². The van der Waals surface area contributed by atoms with E-state index in [1.54, 1.807) is 18.2 Å². The molecule has 2 heterocycles. The molecule has 1 aromatic heterocycles. The Kier molecular flexibility index (Phi) is 1.45. The fourth-order valence-corrected chi connectivity index (χ4v) is 1.68. The second-order valence-corrected chi connectivity index (χ2v) is 3.25. The van der Waals surface area contributed by atoms with E-state index in [9.17, 15) is 4.79 Å². The highest BCUT2D eigenvalue weighted by molar-refractivity contribution is 5.97. The van der Waals surface area contributed by atoms with E-state index in [4.69, 9.17) is 14.6 Å². The van der Waals surface area contributed by atoms with Crippen molar-refractivity contribution in [2.75, 3.05) is 6.79 Å². The van der Waals surface area contributed by atoms with Crippen molar-refractivity contribution in [3.8, 4) is 11.5 Å². The van der Waals surface area contributed by atoms with Gasteiger partial charge in [-0.15, -0.1) is 0 Å². The van der Waals surface area contributed by atoms with Gasteiger partial charge in [0.15, 0.2) is 11.5 Å². The standard InChI is InChI=1S/C10H7NO4/c12-10(13)6-3-5-1-2-7-9(8(5)11-6)15-4-14-7/h1-3,11H,4H2,(H,12,13). The van der Waals surface area contributed by atoms with Crippen molar-refractivity contribution in [2.24, 2.45) is 0 Å². The summed E-state index contributed by atoms with van der Waals surface area (Å²) in [6.45, 7) is 0.176. The lowest BCUT2D eigenvalue weighted by atomic mass is 10.2.